The Morgan fingerprint density at radius 1 is 1.15 bits per heavy atom. The third-order valence-electron chi connectivity index (χ3n) is 4.64. The van der Waals surface area contributed by atoms with E-state index in [-0.39, 0.29) is 11.5 Å². The molecule has 1 amide bonds. The van der Waals surface area contributed by atoms with Gasteiger partial charge in [-0.15, -0.1) is 11.8 Å². The number of nitrogens with one attached hydrogen (secondary N) is 1. The Labute approximate surface area is 165 Å². The summed E-state index contributed by atoms with van der Waals surface area (Å²) in [4.78, 5) is 24.0. The highest BCUT2D eigenvalue weighted by Gasteiger charge is 2.15. The average Bonchev–Trinajstić information content (AvgIpc) is 3.07. The third kappa shape index (κ3) is 4.20. The number of benzene rings is 2. The zero-order valence-corrected chi connectivity index (χ0v) is 16.2. The van der Waals surface area contributed by atoms with Gasteiger partial charge in [-0.2, -0.15) is 0 Å². The van der Waals surface area contributed by atoms with Gasteiger partial charge < -0.3 is 9.73 Å². The first-order chi connectivity index (χ1) is 13.1. The number of fused-ring (bicyclic) bond motifs is 2. The number of amides is 1. The van der Waals surface area contributed by atoms with Crippen molar-refractivity contribution in [3.8, 4) is 0 Å². The van der Waals surface area contributed by atoms with Crippen LogP contribution in [-0.2, 0) is 23.4 Å². The van der Waals surface area contributed by atoms with E-state index < -0.39 is 0 Å². The molecule has 4 rings (SSSR count). The molecule has 6 heteroatoms. The minimum atomic E-state index is -0.348. The summed E-state index contributed by atoms with van der Waals surface area (Å²) in [5.74, 6) is 0.763. The van der Waals surface area contributed by atoms with Crippen LogP contribution in [0, 0.1) is 0 Å². The van der Waals surface area contributed by atoms with Gasteiger partial charge in [-0.05, 0) is 66.3 Å². The average molecular weight is 400 g/mol. The maximum absolute atomic E-state index is 12.1. The molecule has 27 heavy (non-hydrogen) atoms. The van der Waals surface area contributed by atoms with Gasteiger partial charge in [0, 0.05) is 27.9 Å². The number of anilines is 1. The summed E-state index contributed by atoms with van der Waals surface area (Å²) in [5.41, 5.74) is 4.49. The van der Waals surface area contributed by atoms with E-state index in [0.29, 0.717) is 27.8 Å². The lowest BCUT2D eigenvalue weighted by molar-refractivity contribution is -0.113. The van der Waals surface area contributed by atoms with Gasteiger partial charge in [0.05, 0.1) is 5.75 Å². The maximum atomic E-state index is 12.1. The first-order valence-electron chi connectivity index (χ1n) is 8.80. The monoisotopic (exact) mass is 399 g/mol. The predicted molar refractivity (Wildman–Crippen MR) is 111 cm³/mol. The lowest BCUT2D eigenvalue weighted by atomic mass is 10.0. The number of halogens is 1. The molecule has 3 aromatic rings. The predicted octanol–water partition coefficient (Wildman–Crippen LogP) is 4.81. The van der Waals surface area contributed by atoms with Crippen LogP contribution < -0.4 is 10.9 Å². The second-order valence-electron chi connectivity index (χ2n) is 6.61. The van der Waals surface area contributed by atoms with Crippen LogP contribution in [0.25, 0.3) is 11.0 Å². The summed E-state index contributed by atoms with van der Waals surface area (Å²) in [6, 6.07) is 12.7. The van der Waals surface area contributed by atoms with Gasteiger partial charge in [-0.3, -0.25) is 4.79 Å². The first kappa shape index (κ1) is 18.1. The van der Waals surface area contributed by atoms with Crippen molar-refractivity contribution in [1.82, 2.24) is 0 Å². The minimum absolute atomic E-state index is 0.101. The fourth-order valence-corrected chi connectivity index (χ4v) is 4.44. The van der Waals surface area contributed by atoms with E-state index in [4.69, 9.17) is 16.0 Å². The van der Waals surface area contributed by atoms with Crippen LogP contribution in [0.15, 0.2) is 51.7 Å². The Kier molecular flexibility index (Phi) is 5.23. The summed E-state index contributed by atoms with van der Waals surface area (Å²) in [6.45, 7) is 0. The first-order valence-corrected chi connectivity index (χ1v) is 10.3. The van der Waals surface area contributed by atoms with Gasteiger partial charge in [0.25, 0.3) is 0 Å². The number of thioether (sulfide) groups is 1. The molecule has 4 nitrogen and oxygen atoms in total. The second-order valence-corrected chi connectivity index (χ2v) is 8.03. The Balaban J connectivity index is 1.46. The smallest absolute Gasteiger partial charge is 0.336 e. The molecular weight excluding hydrogens is 382 g/mol. The van der Waals surface area contributed by atoms with Crippen molar-refractivity contribution in [2.45, 2.75) is 25.0 Å². The van der Waals surface area contributed by atoms with Crippen LogP contribution in [0.4, 0.5) is 5.69 Å². The van der Waals surface area contributed by atoms with E-state index in [9.17, 15) is 9.59 Å². The van der Waals surface area contributed by atoms with E-state index in [1.54, 1.807) is 24.3 Å². The summed E-state index contributed by atoms with van der Waals surface area (Å²) in [5, 5.41) is 4.38. The van der Waals surface area contributed by atoms with Gasteiger partial charge in [-0.1, -0.05) is 17.7 Å². The van der Waals surface area contributed by atoms with Crippen molar-refractivity contribution in [2.24, 2.45) is 0 Å². The van der Waals surface area contributed by atoms with Gasteiger partial charge in [0.15, 0.2) is 0 Å². The Morgan fingerprint density at radius 2 is 1.96 bits per heavy atom. The lowest BCUT2D eigenvalue weighted by Crippen LogP contribution is -2.14. The normalized spacial score (nSPS) is 12.9. The molecule has 1 aliphatic carbocycles. The van der Waals surface area contributed by atoms with Crippen molar-refractivity contribution in [1.29, 1.82) is 0 Å². The van der Waals surface area contributed by atoms with Crippen molar-refractivity contribution in [3.05, 3.63) is 74.6 Å². The van der Waals surface area contributed by atoms with Gasteiger partial charge >= 0.3 is 5.63 Å². The summed E-state index contributed by atoms with van der Waals surface area (Å²) < 4.78 is 5.39. The molecule has 1 aliphatic rings. The number of carbonyl (C=O) groups is 1. The Hall–Kier alpha value is -2.24. The molecule has 0 unspecified atom stereocenters. The quantitative estimate of drug-likeness (QED) is 0.625. The summed E-state index contributed by atoms with van der Waals surface area (Å²) in [7, 11) is 0. The molecule has 0 atom stereocenters. The Morgan fingerprint density at radius 3 is 2.78 bits per heavy atom. The van der Waals surface area contributed by atoms with E-state index in [2.05, 4.69) is 11.4 Å². The van der Waals surface area contributed by atoms with Crippen LogP contribution >= 0.6 is 23.4 Å². The number of rotatable bonds is 5. The number of carbonyl (C=O) groups excluding carboxylic acids is 1. The fourth-order valence-electron chi connectivity index (χ4n) is 3.43. The van der Waals surface area contributed by atoms with Crippen molar-refractivity contribution in [2.75, 3.05) is 11.1 Å². The minimum Gasteiger partial charge on any atom is -0.423 e. The number of hydrogen-bond donors (Lipinski definition) is 1. The zero-order chi connectivity index (χ0) is 18.8. The highest BCUT2D eigenvalue weighted by atomic mass is 35.5. The zero-order valence-electron chi connectivity index (χ0n) is 14.6. The fraction of sp³-hybridized carbons (Fsp3) is 0.238. The molecule has 1 N–H and O–H groups in total. The van der Waals surface area contributed by atoms with Gasteiger partial charge in [0.1, 0.15) is 5.58 Å². The highest BCUT2D eigenvalue weighted by Crippen LogP contribution is 2.29. The van der Waals surface area contributed by atoms with E-state index in [0.717, 1.165) is 30.2 Å². The van der Waals surface area contributed by atoms with Gasteiger partial charge in [0.2, 0.25) is 5.91 Å². The largest absolute Gasteiger partial charge is 0.423 e. The molecule has 1 aromatic heterocycles. The molecule has 1 heterocycles. The van der Waals surface area contributed by atoms with Crippen LogP contribution in [0.1, 0.15) is 23.1 Å². The molecule has 0 spiro atoms. The topological polar surface area (TPSA) is 59.3 Å². The van der Waals surface area contributed by atoms with E-state index in [1.165, 1.54) is 29.0 Å². The van der Waals surface area contributed by atoms with Crippen LogP contribution in [0.5, 0.6) is 0 Å². The van der Waals surface area contributed by atoms with Crippen LogP contribution in [-0.4, -0.2) is 11.7 Å². The van der Waals surface area contributed by atoms with Crippen LogP contribution in [0.3, 0.4) is 0 Å². The molecular formula is C21H18ClNO3S. The second kappa shape index (κ2) is 7.79. The molecule has 0 radical (unpaired) electrons. The third-order valence-corrected chi connectivity index (χ3v) is 5.86. The van der Waals surface area contributed by atoms with Gasteiger partial charge in [-0.25, -0.2) is 4.79 Å². The molecule has 138 valence electrons. The van der Waals surface area contributed by atoms with E-state index in [1.807, 2.05) is 6.07 Å². The van der Waals surface area contributed by atoms with Crippen molar-refractivity contribution < 1.29 is 9.21 Å². The molecule has 0 saturated heterocycles. The highest BCUT2D eigenvalue weighted by molar-refractivity contribution is 7.99. The lowest BCUT2D eigenvalue weighted by Gasteiger charge is -2.08. The number of hydrogen-bond acceptors (Lipinski definition) is 4. The molecule has 2 aromatic carbocycles. The molecule has 0 bridgehead atoms. The summed E-state index contributed by atoms with van der Waals surface area (Å²) >= 11 is 7.40. The van der Waals surface area contributed by atoms with Crippen molar-refractivity contribution >= 4 is 45.9 Å². The molecule has 0 aliphatic heterocycles. The standard InChI is InChI=1S/C21H18ClNO3S/c22-16-5-2-6-17(10-16)23-20(24)12-27-11-15-9-21(25)26-19-8-14-4-1-3-13(14)7-18(15)19/h2,5-10H,1,3-4,11-12H2,(H,23,24). The molecule has 0 fully saturated rings. The van der Waals surface area contributed by atoms with Crippen LogP contribution in [0.2, 0.25) is 5.02 Å². The van der Waals surface area contributed by atoms with Crippen molar-refractivity contribution in [3.63, 3.8) is 0 Å². The SMILES string of the molecule is O=C(CSCc1cc(=O)oc2cc3c(cc12)CCC3)Nc1cccc(Cl)c1. The number of aryl methyl sites for hydroxylation is 2. The summed E-state index contributed by atoms with van der Waals surface area (Å²) in [6.07, 6.45) is 3.25. The molecule has 0 saturated carbocycles. The van der Waals surface area contributed by atoms with E-state index >= 15 is 0 Å². The Bertz CT molecular complexity index is 1080. The maximum Gasteiger partial charge on any atom is 0.336 e.